The number of β-lactam (4-membered cyclic amide) rings is 1. The van der Waals surface area contributed by atoms with E-state index in [0.717, 1.165) is 43.8 Å². The molecule has 2 aromatic rings. The Hall–Kier alpha value is -5.08. The Bertz CT molecular complexity index is 2030. The number of aromatic nitrogens is 4. The number of carboxylic acid groups (broad SMARTS) is 1. The van der Waals surface area contributed by atoms with E-state index in [-0.39, 0.29) is 83.4 Å². The SMILES string of the molecule is CCN1CCN(C(=O)NC(C(=O)N[C@]2(NC=O)C(=O)N3C(C(=O)[O-])=C(CSc4nnnn4C)C[S+]([O-])[C@@H]32)c2ccc(OC(C)=O)c(OC(C)=O)c2)C(=O)C1=O.[Na+]. The molecule has 292 valence electrons. The van der Waals surface area contributed by atoms with E-state index in [4.69, 9.17) is 9.47 Å². The number of thioether (sulfide) groups is 1. The summed E-state index contributed by atoms with van der Waals surface area (Å²) in [6, 6.07) is 0.0734. The minimum Gasteiger partial charge on any atom is -0.614 e. The molecule has 2 fully saturated rings. The van der Waals surface area contributed by atoms with Crippen LogP contribution in [0.1, 0.15) is 32.4 Å². The van der Waals surface area contributed by atoms with Crippen LogP contribution in [0.15, 0.2) is 34.6 Å². The Morgan fingerprint density at radius 2 is 1.77 bits per heavy atom. The number of rotatable bonds is 13. The van der Waals surface area contributed by atoms with Gasteiger partial charge in [0.1, 0.15) is 11.8 Å². The topological polar surface area (TPSA) is 308 Å². The molecule has 1 aromatic heterocycles. The van der Waals surface area contributed by atoms with Gasteiger partial charge in [0.05, 0.1) is 11.7 Å². The van der Waals surface area contributed by atoms with Gasteiger partial charge in [0.25, 0.3) is 11.6 Å². The summed E-state index contributed by atoms with van der Waals surface area (Å²) in [4.78, 5) is 118. The minimum atomic E-state index is -2.56. The molecule has 56 heavy (non-hydrogen) atoms. The van der Waals surface area contributed by atoms with Crippen molar-refractivity contribution in [3.8, 4) is 11.5 Å². The summed E-state index contributed by atoms with van der Waals surface area (Å²) in [5, 5.41) is 28.6. The van der Waals surface area contributed by atoms with Crippen LogP contribution < -0.4 is 60.1 Å². The van der Waals surface area contributed by atoms with E-state index in [9.17, 15) is 52.8 Å². The third-order valence-corrected chi connectivity index (χ3v) is 11.1. The van der Waals surface area contributed by atoms with Gasteiger partial charge in [-0.2, -0.15) is 0 Å². The van der Waals surface area contributed by atoms with Crippen molar-refractivity contribution >= 4 is 76.9 Å². The first-order valence-corrected chi connectivity index (χ1v) is 18.4. The van der Waals surface area contributed by atoms with Crippen molar-refractivity contribution < 1.29 is 91.8 Å². The molecule has 3 aliphatic rings. The molecule has 3 N–H and O–H groups in total. The molecule has 7 amide bonds. The number of hydrogen-bond donors (Lipinski definition) is 3. The number of urea groups is 1. The fourth-order valence-electron chi connectivity index (χ4n) is 5.89. The normalized spacial score (nSPS) is 20.9. The zero-order valence-corrected chi connectivity index (χ0v) is 33.9. The molecule has 3 aliphatic heterocycles. The number of nitrogens with one attached hydrogen (secondary N) is 3. The summed E-state index contributed by atoms with van der Waals surface area (Å²) < 4.78 is 25.3. The Morgan fingerprint density at radius 1 is 1.09 bits per heavy atom. The van der Waals surface area contributed by atoms with Gasteiger partial charge < -0.3 is 44.8 Å². The number of likely N-dealkylation sites (N-methyl/N-ethyl adjacent to an activating group) is 1. The van der Waals surface area contributed by atoms with Crippen LogP contribution in [0.5, 0.6) is 11.5 Å². The predicted octanol–water partition coefficient (Wildman–Crippen LogP) is -7.21. The zero-order chi connectivity index (χ0) is 40.4. The van der Waals surface area contributed by atoms with E-state index in [1.807, 2.05) is 0 Å². The summed E-state index contributed by atoms with van der Waals surface area (Å²) in [6.45, 7) is 3.56. The molecule has 26 heteroatoms. The van der Waals surface area contributed by atoms with Gasteiger partial charge >= 0.3 is 59.3 Å². The Morgan fingerprint density at radius 3 is 2.36 bits per heavy atom. The number of tetrazole rings is 1. The number of benzene rings is 1. The number of aryl methyl sites for hydroxylation is 1. The Labute approximate surface area is 345 Å². The van der Waals surface area contributed by atoms with Crippen molar-refractivity contribution in [2.24, 2.45) is 7.05 Å². The van der Waals surface area contributed by atoms with E-state index >= 15 is 0 Å². The van der Waals surface area contributed by atoms with Gasteiger partial charge in [-0.1, -0.05) is 17.8 Å². The molecular formula is C30H31N10NaO13S2. The summed E-state index contributed by atoms with van der Waals surface area (Å²) in [7, 11) is 1.53. The van der Waals surface area contributed by atoms with Crippen LogP contribution in [0.3, 0.4) is 0 Å². The molecule has 1 aromatic carbocycles. The fourth-order valence-corrected chi connectivity index (χ4v) is 8.68. The number of ether oxygens (including phenoxy) is 2. The number of carbonyl (C=O) groups excluding carboxylic acids is 9. The standard InChI is InChI=1S/C30H32N10O13S2.Na/c1-5-38-8-9-39(24(46)23(38)45)28(50)32-20(16-6-7-18(52-14(2)42)19(10-16)53-15(3)43)22(44)33-30(31-13-41)26(49)40-21(25(47)48)17(12-55(51)27(30)40)11-54-29-34-35-36-37(29)4;/h6-7,10,13,20,27H,5,8-9,11-12H2,1-4H3,(H,31,41)(H,32,50)(H,33,44)(H,47,48);/q;+1/p-1/t20?,27-,30-,55?;/m1./s1. The van der Waals surface area contributed by atoms with Crippen LogP contribution in [0.4, 0.5) is 4.79 Å². The smallest absolute Gasteiger partial charge is 0.614 e. The number of piperazine rings is 1. The van der Waals surface area contributed by atoms with Gasteiger partial charge in [-0.25, -0.2) is 9.48 Å². The van der Waals surface area contributed by atoms with Crippen molar-refractivity contribution in [1.82, 2.24) is 50.9 Å². The molecule has 2 unspecified atom stereocenters. The van der Waals surface area contributed by atoms with E-state index in [0.29, 0.717) is 9.80 Å². The van der Waals surface area contributed by atoms with Crippen LogP contribution in [-0.4, -0.2) is 136 Å². The van der Waals surface area contributed by atoms with Crippen molar-refractivity contribution in [1.29, 1.82) is 0 Å². The van der Waals surface area contributed by atoms with Crippen molar-refractivity contribution in [3.63, 3.8) is 0 Å². The number of esters is 2. The Kier molecular flexibility index (Phi) is 13.9. The van der Waals surface area contributed by atoms with Crippen LogP contribution in [-0.2, 0) is 56.6 Å². The van der Waals surface area contributed by atoms with Crippen LogP contribution in [0, 0.1) is 0 Å². The molecular weight excluding hydrogens is 796 g/mol. The number of nitrogens with zero attached hydrogens (tertiary/aromatic N) is 7. The van der Waals surface area contributed by atoms with E-state index < -0.39 is 93.0 Å². The molecule has 0 spiro atoms. The molecule has 0 bridgehead atoms. The summed E-state index contributed by atoms with van der Waals surface area (Å²) >= 11 is -1.23. The molecule has 0 saturated carbocycles. The second-order valence-corrected chi connectivity index (χ2v) is 14.3. The molecule has 2 saturated heterocycles. The minimum absolute atomic E-state index is 0. The molecule has 0 aliphatic carbocycles. The second kappa shape index (κ2) is 17.8. The van der Waals surface area contributed by atoms with Crippen molar-refractivity contribution in [3.05, 3.63) is 35.0 Å². The van der Waals surface area contributed by atoms with Gasteiger partial charge in [0, 0.05) is 51.9 Å². The van der Waals surface area contributed by atoms with Crippen LogP contribution in [0.2, 0.25) is 0 Å². The van der Waals surface area contributed by atoms with Gasteiger partial charge in [0.15, 0.2) is 11.5 Å². The van der Waals surface area contributed by atoms with Crippen molar-refractivity contribution in [2.75, 3.05) is 31.1 Å². The number of amides is 7. The molecule has 0 radical (unpaired) electrons. The molecule has 4 atom stereocenters. The predicted molar refractivity (Wildman–Crippen MR) is 180 cm³/mol. The summed E-state index contributed by atoms with van der Waals surface area (Å²) in [5.41, 5.74) is -3.44. The fraction of sp³-hybridized carbons (Fsp3) is 0.400. The average molecular weight is 827 g/mol. The van der Waals surface area contributed by atoms with Gasteiger partial charge in [-0.15, -0.1) is 5.10 Å². The molecule has 23 nitrogen and oxygen atoms in total. The van der Waals surface area contributed by atoms with Crippen molar-refractivity contribution in [2.45, 2.75) is 43.0 Å². The van der Waals surface area contributed by atoms with Gasteiger partial charge in [0.2, 0.25) is 22.8 Å². The number of aliphatic carboxylic acids is 1. The Balaban J connectivity index is 0.00000696. The quantitative estimate of drug-likeness (QED) is 0.0194. The third kappa shape index (κ3) is 8.51. The molecule has 4 heterocycles. The molecule has 5 rings (SSSR count). The van der Waals surface area contributed by atoms with E-state index in [1.54, 1.807) is 6.92 Å². The second-order valence-electron chi connectivity index (χ2n) is 11.8. The number of carbonyl (C=O) groups is 9. The maximum atomic E-state index is 14.3. The third-order valence-electron chi connectivity index (χ3n) is 8.33. The first-order valence-electron chi connectivity index (χ1n) is 16.0. The average Bonchev–Trinajstić information content (AvgIpc) is 3.54. The van der Waals surface area contributed by atoms with Gasteiger partial charge in [-0.05, 0) is 46.2 Å². The maximum absolute atomic E-state index is 14.3. The van der Waals surface area contributed by atoms with Crippen LogP contribution in [0.25, 0.3) is 0 Å². The summed E-state index contributed by atoms with van der Waals surface area (Å²) in [6.07, 6.45) is -0.000651. The van der Waals surface area contributed by atoms with Crippen LogP contribution >= 0.6 is 11.8 Å². The van der Waals surface area contributed by atoms with E-state index in [2.05, 4.69) is 31.5 Å². The number of carboxylic acids is 1. The largest absolute Gasteiger partial charge is 1.00 e. The zero-order valence-electron chi connectivity index (χ0n) is 30.3. The van der Waals surface area contributed by atoms with E-state index in [1.165, 1.54) is 16.6 Å². The first kappa shape index (κ1) is 43.6. The number of imide groups is 1. The number of hydrogen-bond acceptors (Lipinski definition) is 17. The van der Waals surface area contributed by atoms with Gasteiger partial charge in [-0.3, -0.25) is 43.4 Å². The number of fused-ring (bicyclic) bond motifs is 1. The first-order chi connectivity index (χ1) is 26.0. The monoisotopic (exact) mass is 826 g/mol. The maximum Gasteiger partial charge on any atom is 1.00 e. The summed E-state index contributed by atoms with van der Waals surface area (Å²) in [5.74, 6) is -9.58.